The number of fused-ring (bicyclic) bond motifs is 1. The van der Waals surface area contributed by atoms with E-state index in [1.165, 1.54) is 12.1 Å². The Bertz CT molecular complexity index is 870. The van der Waals surface area contributed by atoms with Crippen LogP contribution >= 0.6 is 22.6 Å². The molecule has 0 saturated heterocycles. The zero-order valence-electron chi connectivity index (χ0n) is 11.4. The third kappa shape index (κ3) is 2.64. The Morgan fingerprint density at radius 1 is 1.24 bits per heavy atom. The van der Waals surface area contributed by atoms with Crippen LogP contribution in [-0.4, -0.2) is 10.5 Å². The molecule has 108 valence electrons. The van der Waals surface area contributed by atoms with E-state index in [2.05, 4.69) is 22.6 Å². The molecule has 0 aliphatic heterocycles. The Hall–Kier alpha value is -1.21. The lowest BCUT2D eigenvalue weighted by atomic mass is 10.1. The summed E-state index contributed by atoms with van der Waals surface area (Å²) < 4.78 is 32.6. The van der Waals surface area contributed by atoms with E-state index in [9.17, 15) is 8.60 Å². The van der Waals surface area contributed by atoms with E-state index < -0.39 is 10.8 Å². The molecule has 0 N–H and O–H groups in total. The highest BCUT2D eigenvalue weighted by molar-refractivity contribution is 14.1. The highest BCUT2D eigenvalue weighted by atomic mass is 127. The van der Waals surface area contributed by atoms with Gasteiger partial charge in [-0.15, -0.1) is 0 Å². The standard InChI is InChI=1S/C16H12FIO2S/c1-9-6-12(18)8-13-14(9)20-15(16(13)21(2)19)10-4-3-5-11(17)7-10/h3-8H,1-2H3/t21-/m1/s1. The molecule has 0 bridgehead atoms. The van der Waals surface area contributed by atoms with E-state index in [4.69, 9.17) is 4.42 Å². The molecule has 0 aliphatic rings. The van der Waals surface area contributed by atoms with Crippen LogP contribution in [0.4, 0.5) is 4.39 Å². The van der Waals surface area contributed by atoms with E-state index in [0.29, 0.717) is 21.8 Å². The van der Waals surface area contributed by atoms with Crippen LogP contribution in [0.25, 0.3) is 22.3 Å². The summed E-state index contributed by atoms with van der Waals surface area (Å²) in [5.41, 5.74) is 2.29. The number of furan rings is 1. The fraction of sp³-hybridized carbons (Fsp3) is 0.125. The second-order valence-corrected chi connectivity index (χ2v) is 7.39. The predicted molar refractivity (Wildman–Crippen MR) is 91.4 cm³/mol. The average molecular weight is 414 g/mol. The normalized spacial score (nSPS) is 12.8. The monoisotopic (exact) mass is 414 g/mol. The van der Waals surface area contributed by atoms with Crippen molar-refractivity contribution < 1.29 is 13.0 Å². The Morgan fingerprint density at radius 3 is 2.67 bits per heavy atom. The van der Waals surface area contributed by atoms with Crippen molar-refractivity contribution in [2.75, 3.05) is 6.26 Å². The van der Waals surface area contributed by atoms with Crippen molar-refractivity contribution in [3.63, 3.8) is 0 Å². The van der Waals surface area contributed by atoms with Gasteiger partial charge >= 0.3 is 0 Å². The first-order chi connectivity index (χ1) is 9.97. The van der Waals surface area contributed by atoms with Crippen LogP contribution in [0, 0.1) is 16.3 Å². The first kappa shape index (κ1) is 14.7. The maximum Gasteiger partial charge on any atom is 0.151 e. The molecule has 0 unspecified atom stereocenters. The van der Waals surface area contributed by atoms with E-state index in [-0.39, 0.29) is 5.82 Å². The lowest BCUT2D eigenvalue weighted by molar-refractivity contribution is 0.611. The molecular weight excluding hydrogens is 402 g/mol. The van der Waals surface area contributed by atoms with Crippen LogP contribution in [0.3, 0.4) is 0 Å². The van der Waals surface area contributed by atoms with E-state index >= 15 is 0 Å². The molecule has 2 aromatic carbocycles. The van der Waals surface area contributed by atoms with Gasteiger partial charge in [0.1, 0.15) is 11.4 Å². The zero-order chi connectivity index (χ0) is 15.1. The highest BCUT2D eigenvalue weighted by Gasteiger charge is 2.20. The lowest BCUT2D eigenvalue weighted by Crippen LogP contribution is -1.90. The summed E-state index contributed by atoms with van der Waals surface area (Å²) in [6.07, 6.45) is 1.61. The molecule has 1 atom stereocenters. The molecule has 0 amide bonds. The summed E-state index contributed by atoms with van der Waals surface area (Å²) >= 11 is 2.22. The van der Waals surface area contributed by atoms with Gasteiger partial charge in [-0.05, 0) is 59.3 Å². The number of hydrogen-bond donors (Lipinski definition) is 0. The van der Waals surface area contributed by atoms with Gasteiger partial charge in [-0.25, -0.2) is 4.39 Å². The van der Waals surface area contributed by atoms with Gasteiger partial charge in [0.05, 0.1) is 15.7 Å². The van der Waals surface area contributed by atoms with Crippen molar-refractivity contribution in [1.29, 1.82) is 0 Å². The van der Waals surface area contributed by atoms with Gasteiger partial charge in [-0.3, -0.25) is 4.21 Å². The SMILES string of the molecule is Cc1cc(I)cc2c([S@@](C)=O)c(-c3cccc(F)c3)oc12. The third-order valence-electron chi connectivity index (χ3n) is 3.27. The van der Waals surface area contributed by atoms with Crippen LogP contribution in [0.5, 0.6) is 0 Å². The van der Waals surface area contributed by atoms with Crippen molar-refractivity contribution in [3.8, 4) is 11.3 Å². The third-order valence-corrected chi connectivity index (χ3v) is 4.87. The molecule has 1 heterocycles. The Balaban J connectivity index is 2.40. The van der Waals surface area contributed by atoms with Crippen LogP contribution in [0.15, 0.2) is 45.7 Å². The maximum atomic E-state index is 13.5. The van der Waals surface area contributed by atoms with Crippen LogP contribution in [0.1, 0.15) is 5.56 Å². The fourth-order valence-electron chi connectivity index (χ4n) is 2.41. The van der Waals surface area contributed by atoms with Crippen molar-refractivity contribution >= 4 is 44.4 Å². The molecule has 3 rings (SSSR count). The summed E-state index contributed by atoms with van der Waals surface area (Å²) in [4.78, 5) is 0.622. The van der Waals surface area contributed by atoms with Gasteiger partial charge in [0.25, 0.3) is 0 Å². The summed E-state index contributed by atoms with van der Waals surface area (Å²) in [6.45, 7) is 1.95. The van der Waals surface area contributed by atoms with Gasteiger partial charge in [0, 0.05) is 20.8 Å². The van der Waals surface area contributed by atoms with E-state index in [0.717, 1.165) is 14.5 Å². The average Bonchev–Trinajstić information content (AvgIpc) is 2.78. The number of hydrogen-bond acceptors (Lipinski definition) is 2. The van der Waals surface area contributed by atoms with Crippen LogP contribution in [0.2, 0.25) is 0 Å². The van der Waals surface area contributed by atoms with Crippen molar-refractivity contribution in [3.05, 3.63) is 51.3 Å². The van der Waals surface area contributed by atoms with Crippen LogP contribution in [-0.2, 0) is 10.8 Å². The van der Waals surface area contributed by atoms with Gasteiger partial charge in [0.2, 0.25) is 0 Å². The van der Waals surface area contributed by atoms with Gasteiger partial charge in [-0.2, -0.15) is 0 Å². The molecule has 0 radical (unpaired) electrons. The topological polar surface area (TPSA) is 30.2 Å². The molecule has 0 spiro atoms. The molecule has 0 fully saturated rings. The van der Waals surface area contributed by atoms with Crippen molar-refractivity contribution in [1.82, 2.24) is 0 Å². The second-order valence-electron chi connectivity index (χ2n) is 4.82. The van der Waals surface area contributed by atoms with E-state index in [1.807, 2.05) is 19.1 Å². The minimum atomic E-state index is -1.23. The van der Waals surface area contributed by atoms with Gasteiger partial charge in [0.15, 0.2) is 5.76 Å². The van der Waals surface area contributed by atoms with Crippen LogP contribution < -0.4 is 0 Å². The fourth-order valence-corrected chi connectivity index (χ4v) is 4.07. The minimum absolute atomic E-state index is 0.341. The van der Waals surface area contributed by atoms with Gasteiger partial charge < -0.3 is 4.42 Å². The predicted octanol–water partition coefficient (Wildman–Crippen LogP) is 4.89. The zero-order valence-corrected chi connectivity index (χ0v) is 14.4. The first-order valence-electron chi connectivity index (χ1n) is 6.29. The van der Waals surface area contributed by atoms with Gasteiger partial charge in [-0.1, -0.05) is 12.1 Å². The summed E-state index contributed by atoms with van der Waals surface area (Å²) in [5.74, 6) is 0.141. The molecule has 3 aromatic rings. The smallest absolute Gasteiger partial charge is 0.151 e. The quantitative estimate of drug-likeness (QED) is 0.559. The number of aryl methyl sites for hydroxylation is 1. The largest absolute Gasteiger partial charge is 0.454 e. The molecule has 5 heteroatoms. The summed E-state index contributed by atoms with van der Waals surface area (Å²) in [5, 5.41) is 0.833. The van der Waals surface area contributed by atoms with E-state index in [1.54, 1.807) is 18.4 Å². The highest BCUT2D eigenvalue weighted by Crippen LogP contribution is 2.38. The first-order valence-corrected chi connectivity index (χ1v) is 8.93. The number of rotatable bonds is 2. The van der Waals surface area contributed by atoms with Crippen molar-refractivity contribution in [2.45, 2.75) is 11.8 Å². The Labute approximate surface area is 137 Å². The molecule has 1 aromatic heterocycles. The Morgan fingerprint density at radius 2 is 2.00 bits per heavy atom. The second kappa shape index (κ2) is 5.53. The molecule has 2 nitrogen and oxygen atoms in total. The molecule has 21 heavy (non-hydrogen) atoms. The minimum Gasteiger partial charge on any atom is -0.454 e. The van der Waals surface area contributed by atoms with Crippen molar-refractivity contribution in [2.24, 2.45) is 0 Å². The Kier molecular flexibility index (Phi) is 3.88. The maximum absolute atomic E-state index is 13.5. The summed E-state index contributed by atoms with van der Waals surface area (Å²) in [6, 6.07) is 10.1. The summed E-state index contributed by atoms with van der Waals surface area (Å²) in [7, 11) is -1.23. The number of halogens is 2. The lowest BCUT2D eigenvalue weighted by Gasteiger charge is -2.00. The molecule has 0 saturated carbocycles. The number of benzene rings is 2. The molecule has 0 aliphatic carbocycles. The molecular formula is C16H12FIO2S.